The Labute approximate surface area is 116 Å². The van der Waals surface area contributed by atoms with Gasteiger partial charge in [-0.15, -0.1) is 0 Å². The van der Waals surface area contributed by atoms with Crippen LogP contribution in [0.5, 0.6) is 0 Å². The maximum atomic E-state index is 5.54. The maximum Gasteiger partial charge on any atom is 0.0701 e. The molecule has 1 unspecified atom stereocenters. The highest BCUT2D eigenvalue weighted by Gasteiger charge is 2.33. The fraction of sp³-hybridized carbons (Fsp3) is 1.00. The molecule has 0 aliphatic carbocycles. The van der Waals surface area contributed by atoms with E-state index < -0.39 is 0 Å². The van der Waals surface area contributed by atoms with Gasteiger partial charge in [-0.05, 0) is 31.8 Å². The Morgan fingerprint density at radius 3 is 2.32 bits per heavy atom. The van der Waals surface area contributed by atoms with Crippen molar-refractivity contribution in [3.8, 4) is 0 Å². The van der Waals surface area contributed by atoms with E-state index in [1.165, 1.54) is 32.5 Å². The molecule has 3 rings (SSSR count). The Kier molecular flexibility index (Phi) is 7.09. The summed E-state index contributed by atoms with van der Waals surface area (Å²) >= 11 is 0. The summed E-state index contributed by atoms with van der Waals surface area (Å²) in [6.07, 6.45) is 2.73. The number of ether oxygens (including phenoxy) is 3. The van der Waals surface area contributed by atoms with E-state index in [1.54, 1.807) is 7.11 Å². The van der Waals surface area contributed by atoms with Crippen LogP contribution in [0, 0.1) is 5.92 Å². The lowest BCUT2D eigenvalue weighted by molar-refractivity contribution is 0.0221. The fourth-order valence-corrected chi connectivity index (χ4v) is 2.98. The van der Waals surface area contributed by atoms with E-state index in [9.17, 15) is 0 Å². The highest BCUT2D eigenvalue weighted by molar-refractivity contribution is 4.90. The Morgan fingerprint density at radius 1 is 1.00 bits per heavy atom. The zero-order valence-electron chi connectivity index (χ0n) is 12.1. The first kappa shape index (κ1) is 15.2. The zero-order chi connectivity index (χ0) is 13.3. The molecule has 3 heterocycles. The van der Waals surface area contributed by atoms with Gasteiger partial charge in [-0.2, -0.15) is 0 Å². The van der Waals surface area contributed by atoms with Crippen LogP contribution in [0.15, 0.2) is 0 Å². The quantitative estimate of drug-likeness (QED) is 0.581. The minimum absolute atomic E-state index is 0.650. The molecule has 0 amide bonds. The molecule has 112 valence electrons. The van der Waals surface area contributed by atoms with Gasteiger partial charge < -0.3 is 24.4 Å². The van der Waals surface area contributed by atoms with E-state index in [-0.39, 0.29) is 0 Å². The average molecular weight is 272 g/mol. The summed E-state index contributed by atoms with van der Waals surface area (Å²) in [5, 5.41) is 3.64. The average Bonchev–Trinajstić information content (AvgIpc) is 2.47. The monoisotopic (exact) mass is 272 g/mol. The van der Waals surface area contributed by atoms with Crippen molar-refractivity contribution in [3.05, 3.63) is 0 Å². The number of piperidine rings is 3. The van der Waals surface area contributed by atoms with Gasteiger partial charge in [0.1, 0.15) is 0 Å². The third kappa shape index (κ3) is 5.36. The molecule has 0 aromatic carbocycles. The predicted octanol–water partition coefficient (Wildman–Crippen LogP) is 0.350. The number of hydrogen-bond acceptors (Lipinski definition) is 5. The summed E-state index contributed by atoms with van der Waals surface area (Å²) in [5.41, 5.74) is 0. The van der Waals surface area contributed by atoms with Gasteiger partial charge in [-0.3, -0.25) is 0 Å². The normalized spacial score (nSPS) is 29.8. The number of methoxy groups -OCH3 is 1. The summed E-state index contributed by atoms with van der Waals surface area (Å²) in [5.74, 6) is 0.891. The lowest BCUT2D eigenvalue weighted by atomic mass is 9.84. The van der Waals surface area contributed by atoms with Gasteiger partial charge >= 0.3 is 0 Å². The summed E-state index contributed by atoms with van der Waals surface area (Å²) in [4.78, 5) is 2.57. The standard InChI is InChI=1S/C14H28N2O3/c1-17-8-9-19-11-10-18-7-4-15-14-12-16-5-2-13(14)3-6-16/h13-15H,2-12H2,1H3. The second-order valence-corrected chi connectivity index (χ2v) is 5.42. The minimum atomic E-state index is 0.650. The molecule has 5 heteroatoms. The molecule has 0 radical (unpaired) electrons. The van der Waals surface area contributed by atoms with Gasteiger partial charge in [0, 0.05) is 26.2 Å². The van der Waals surface area contributed by atoms with Crippen LogP contribution in [0.25, 0.3) is 0 Å². The lowest BCUT2D eigenvalue weighted by Gasteiger charge is -2.45. The molecule has 19 heavy (non-hydrogen) atoms. The molecule has 3 fully saturated rings. The predicted molar refractivity (Wildman–Crippen MR) is 74.5 cm³/mol. The highest BCUT2D eigenvalue weighted by Crippen LogP contribution is 2.27. The van der Waals surface area contributed by atoms with Crippen molar-refractivity contribution < 1.29 is 14.2 Å². The molecule has 5 nitrogen and oxygen atoms in total. The van der Waals surface area contributed by atoms with E-state index in [1.807, 2.05) is 0 Å². The largest absolute Gasteiger partial charge is 0.382 e. The Bertz CT molecular complexity index is 233. The summed E-state index contributed by atoms with van der Waals surface area (Å²) in [6, 6.07) is 0.684. The van der Waals surface area contributed by atoms with E-state index in [0.29, 0.717) is 32.5 Å². The van der Waals surface area contributed by atoms with Crippen LogP contribution in [-0.2, 0) is 14.2 Å². The van der Waals surface area contributed by atoms with Gasteiger partial charge in [-0.25, -0.2) is 0 Å². The van der Waals surface area contributed by atoms with Gasteiger partial charge in [0.15, 0.2) is 0 Å². The second kappa shape index (κ2) is 8.87. The minimum Gasteiger partial charge on any atom is -0.382 e. The van der Waals surface area contributed by atoms with Crippen LogP contribution in [-0.4, -0.2) is 77.3 Å². The van der Waals surface area contributed by atoms with E-state index >= 15 is 0 Å². The number of fused-ring (bicyclic) bond motifs is 3. The van der Waals surface area contributed by atoms with Crippen molar-refractivity contribution in [1.29, 1.82) is 0 Å². The first-order valence-electron chi connectivity index (χ1n) is 7.50. The molecule has 0 saturated carbocycles. The van der Waals surface area contributed by atoms with Gasteiger partial charge in [0.05, 0.1) is 33.0 Å². The van der Waals surface area contributed by atoms with Crippen LogP contribution in [0.4, 0.5) is 0 Å². The van der Waals surface area contributed by atoms with Crippen molar-refractivity contribution >= 4 is 0 Å². The van der Waals surface area contributed by atoms with Crippen LogP contribution in [0.3, 0.4) is 0 Å². The Hall–Kier alpha value is -0.200. The SMILES string of the molecule is COCCOCCOCCNC1CN2CCC1CC2. The van der Waals surface area contributed by atoms with Crippen LogP contribution >= 0.6 is 0 Å². The smallest absolute Gasteiger partial charge is 0.0701 e. The molecular weight excluding hydrogens is 244 g/mol. The van der Waals surface area contributed by atoms with Crippen LogP contribution < -0.4 is 5.32 Å². The van der Waals surface area contributed by atoms with E-state index in [0.717, 1.165) is 19.1 Å². The molecule has 0 aromatic rings. The number of nitrogens with zero attached hydrogens (tertiary/aromatic N) is 1. The molecular formula is C14H28N2O3. The molecule has 2 bridgehead atoms. The number of hydrogen-bond donors (Lipinski definition) is 1. The second-order valence-electron chi connectivity index (χ2n) is 5.42. The summed E-state index contributed by atoms with van der Waals surface area (Å²) in [6.45, 7) is 8.19. The van der Waals surface area contributed by atoms with Gasteiger partial charge in [0.25, 0.3) is 0 Å². The molecule has 0 aromatic heterocycles. The van der Waals surface area contributed by atoms with Crippen molar-refractivity contribution in [3.63, 3.8) is 0 Å². The zero-order valence-corrected chi connectivity index (χ0v) is 12.1. The van der Waals surface area contributed by atoms with E-state index in [4.69, 9.17) is 14.2 Å². The van der Waals surface area contributed by atoms with Crippen molar-refractivity contribution in [2.45, 2.75) is 18.9 Å². The third-order valence-electron chi connectivity index (χ3n) is 4.11. The van der Waals surface area contributed by atoms with Gasteiger partial charge in [0.2, 0.25) is 0 Å². The Morgan fingerprint density at radius 2 is 1.68 bits per heavy atom. The van der Waals surface area contributed by atoms with Crippen molar-refractivity contribution in [2.75, 3.05) is 66.3 Å². The Balaban J connectivity index is 1.40. The lowest BCUT2D eigenvalue weighted by Crippen LogP contribution is -2.56. The van der Waals surface area contributed by atoms with Gasteiger partial charge in [-0.1, -0.05) is 0 Å². The number of rotatable bonds is 10. The first-order valence-corrected chi connectivity index (χ1v) is 7.50. The highest BCUT2D eigenvalue weighted by atomic mass is 16.5. The van der Waals surface area contributed by atoms with E-state index in [2.05, 4.69) is 10.2 Å². The summed E-state index contributed by atoms with van der Waals surface area (Å²) in [7, 11) is 1.68. The maximum absolute atomic E-state index is 5.54. The number of nitrogens with one attached hydrogen (secondary N) is 1. The third-order valence-corrected chi connectivity index (χ3v) is 4.11. The fourth-order valence-electron chi connectivity index (χ4n) is 2.98. The molecule has 3 aliphatic heterocycles. The topological polar surface area (TPSA) is 43.0 Å². The molecule has 3 aliphatic rings. The molecule has 1 atom stereocenters. The molecule has 1 N–H and O–H groups in total. The van der Waals surface area contributed by atoms with Crippen molar-refractivity contribution in [2.24, 2.45) is 5.92 Å². The molecule has 0 spiro atoms. The first-order chi connectivity index (χ1) is 9.40. The molecule has 3 saturated heterocycles. The van der Waals surface area contributed by atoms with Crippen molar-refractivity contribution in [1.82, 2.24) is 10.2 Å². The van der Waals surface area contributed by atoms with Crippen LogP contribution in [0.1, 0.15) is 12.8 Å². The summed E-state index contributed by atoms with van der Waals surface area (Å²) < 4.78 is 15.8. The van der Waals surface area contributed by atoms with Crippen LogP contribution in [0.2, 0.25) is 0 Å².